The lowest BCUT2D eigenvalue weighted by Crippen LogP contribution is -1.96. The summed E-state index contributed by atoms with van der Waals surface area (Å²) in [7, 11) is 1.48. The average molecular weight is 211 g/mol. The molecule has 0 bridgehead atoms. The first-order chi connectivity index (χ1) is 7.75. The first-order valence-electron chi connectivity index (χ1n) is 5.16. The van der Waals surface area contributed by atoms with Crippen LogP contribution in [0, 0.1) is 5.21 Å². The zero-order chi connectivity index (χ0) is 11.4. The van der Waals surface area contributed by atoms with Crippen molar-refractivity contribution in [2.24, 2.45) is 0 Å². The van der Waals surface area contributed by atoms with Gasteiger partial charge in [-0.25, -0.2) is 4.74 Å². The van der Waals surface area contributed by atoms with E-state index < -0.39 is 0 Å². The Morgan fingerprint density at radius 1 is 0.875 bits per heavy atom. The summed E-state index contributed by atoms with van der Waals surface area (Å²) in [5.74, 6) is 0. The van der Waals surface area contributed by atoms with Gasteiger partial charge in [-0.2, -0.15) is 0 Å². The number of nitrogens with zero attached hydrogens (tertiary/aromatic N) is 1. The Morgan fingerprint density at radius 3 is 2.00 bits per heavy atom. The molecule has 0 aromatic heterocycles. The number of benzene rings is 2. The van der Waals surface area contributed by atoms with Crippen LogP contribution in [0.5, 0.6) is 0 Å². The van der Waals surface area contributed by atoms with Crippen molar-refractivity contribution in [2.75, 3.05) is 7.05 Å². The lowest BCUT2D eigenvalue weighted by Gasteiger charge is -2.01. The number of hydroxylamine groups is 1. The Hall–Kier alpha value is -2.09. The third-order valence-corrected chi connectivity index (χ3v) is 2.35. The molecule has 2 nitrogen and oxygen atoms in total. The molecule has 0 N–H and O–H groups in total. The van der Waals surface area contributed by atoms with E-state index in [-0.39, 0.29) is 0 Å². The predicted molar refractivity (Wildman–Crippen MR) is 66.6 cm³/mol. The highest BCUT2D eigenvalue weighted by atomic mass is 16.5. The van der Waals surface area contributed by atoms with Gasteiger partial charge in [0.1, 0.15) is 7.05 Å². The number of rotatable bonds is 2. The Bertz CT molecular complexity index is 482. The number of hydrogen-bond acceptors (Lipinski definition) is 1. The van der Waals surface area contributed by atoms with Crippen molar-refractivity contribution in [2.45, 2.75) is 0 Å². The third-order valence-electron chi connectivity index (χ3n) is 2.35. The summed E-state index contributed by atoms with van der Waals surface area (Å²) in [6, 6.07) is 18.1. The smallest absolute Gasteiger partial charge is 0.181 e. The summed E-state index contributed by atoms with van der Waals surface area (Å²) in [6.45, 7) is 0. The Morgan fingerprint density at radius 2 is 1.44 bits per heavy atom. The zero-order valence-electron chi connectivity index (χ0n) is 9.13. The monoisotopic (exact) mass is 211 g/mol. The topological polar surface area (TPSA) is 26.1 Å². The maximum atomic E-state index is 10.8. The molecule has 0 fully saturated rings. The molecule has 0 aliphatic rings. The fraction of sp³-hybridized carbons (Fsp3) is 0.0714. The van der Waals surface area contributed by atoms with Crippen LogP contribution in [0.3, 0.4) is 0 Å². The van der Waals surface area contributed by atoms with E-state index in [0.29, 0.717) is 0 Å². The van der Waals surface area contributed by atoms with Gasteiger partial charge in [-0.1, -0.05) is 42.5 Å². The Balaban J connectivity index is 2.30. The third kappa shape index (κ3) is 2.48. The molecule has 0 unspecified atom stereocenters. The van der Waals surface area contributed by atoms with E-state index in [4.69, 9.17) is 0 Å². The molecule has 0 saturated carbocycles. The van der Waals surface area contributed by atoms with Crippen LogP contribution >= 0.6 is 0 Å². The van der Waals surface area contributed by atoms with Gasteiger partial charge in [0.2, 0.25) is 0 Å². The molecule has 0 saturated heterocycles. The molecule has 2 rings (SSSR count). The van der Waals surface area contributed by atoms with Crippen molar-refractivity contribution in [3.63, 3.8) is 0 Å². The molecule has 80 valence electrons. The van der Waals surface area contributed by atoms with Crippen LogP contribution in [0.4, 0.5) is 0 Å². The molecule has 0 aliphatic carbocycles. The zero-order valence-corrected chi connectivity index (χ0v) is 9.13. The first kappa shape index (κ1) is 10.4. The van der Waals surface area contributed by atoms with E-state index in [2.05, 4.69) is 12.1 Å². The van der Waals surface area contributed by atoms with Gasteiger partial charge in [-0.15, -0.1) is 0 Å². The van der Waals surface area contributed by atoms with E-state index in [1.807, 2.05) is 42.5 Å². The van der Waals surface area contributed by atoms with Gasteiger partial charge in [0.25, 0.3) is 0 Å². The fourth-order valence-corrected chi connectivity index (χ4v) is 1.60. The summed E-state index contributed by atoms with van der Waals surface area (Å²) >= 11 is 0. The maximum absolute atomic E-state index is 10.8. The SMILES string of the molecule is C/[N+]([O-])=C\c1ccc(-c2ccccc2)cc1. The first-order valence-corrected chi connectivity index (χ1v) is 5.16. The molecule has 0 heterocycles. The summed E-state index contributed by atoms with van der Waals surface area (Å²) in [5.41, 5.74) is 3.26. The van der Waals surface area contributed by atoms with Gasteiger partial charge in [0.15, 0.2) is 6.21 Å². The highest BCUT2D eigenvalue weighted by molar-refractivity contribution is 5.77. The normalized spacial score (nSPS) is 11.4. The summed E-state index contributed by atoms with van der Waals surface area (Å²) < 4.78 is 0.803. The molecule has 0 radical (unpaired) electrons. The summed E-state index contributed by atoms with van der Waals surface area (Å²) in [6.07, 6.45) is 1.55. The van der Waals surface area contributed by atoms with Crippen molar-refractivity contribution >= 4 is 6.21 Å². The van der Waals surface area contributed by atoms with E-state index >= 15 is 0 Å². The molecule has 0 spiro atoms. The van der Waals surface area contributed by atoms with Gasteiger partial charge in [0, 0.05) is 5.56 Å². The van der Waals surface area contributed by atoms with Crippen LogP contribution in [-0.2, 0) is 0 Å². The number of hydrogen-bond donors (Lipinski definition) is 0. The molecule has 16 heavy (non-hydrogen) atoms. The Labute approximate surface area is 95.1 Å². The molecule has 2 aromatic carbocycles. The van der Waals surface area contributed by atoms with Crippen molar-refractivity contribution < 1.29 is 4.74 Å². The molecule has 0 atom stereocenters. The van der Waals surface area contributed by atoms with Crippen LogP contribution < -0.4 is 0 Å². The largest absolute Gasteiger partial charge is 0.624 e. The highest BCUT2D eigenvalue weighted by Crippen LogP contribution is 2.18. The maximum Gasteiger partial charge on any atom is 0.181 e. The van der Waals surface area contributed by atoms with Crippen molar-refractivity contribution in [3.8, 4) is 11.1 Å². The van der Waals surface area contributed by atoms with Crippen molar-refractivity contribution in [1.82, 2.24) is 0 Å². The molecule has 0 amide bonds. The molecule has 2 aromatic rings. The summed E-state index contributed by atoms with van der Waals surface area (Å²) in [4.78, 5) is 0. The van der Waals surface area contributed by atoms with E-state index in [1.54, 1.807) is 6.21 Å². The van der Waals surface area contributed by atoms with Crippen LogP contribution in [0.25, 0.3) is 11.1 Å². The lowest BCUT2D eigenvalue weighted by molar-refractivity contribution is -0.416. The van der Waals surface area contributed by atoms with Crippen LogP contribution in [0.2, 0.25) is 0 Å². The van der Waals surface area contributed by atoms with Gasteiger partial charge in [-0.05, 0) is 23.3 Å². The van der Waals surface area contributed by atoms with Crippen molar-refractivity contribution in [3.05, 3.63) is 65.4 Å². The second kappa shape index (κ2) is 4.62. The second-order valence-corrected chi connectivity index (χ2v) is 3.66. The van der Waals surface area contributed by atoms with Crippen LogP contribution in [0.1, 0.15) is 5.56 Å². The van der Waals surface area contributed by atoms with Crippen molar-refractivity contribution in [1.29, 1.82) is 0 Å². The molecule has 0 aliphatic heterocycles. The van der Waals surface area contributed by atoms with E-state index in [1.165, 1.54) is 12.6 Å². The van der Waals surface area contributed by atoms with E-state index in [9.17, 15) is 5.21 Å². The van der Waals surface area contributed by atoms with Gasteiger partial charge in [-0.3, -0.25) is 0 Å². The van der Waals surface area contributed by atoms with Crippen LogP contribution in [-0.4, -0.2) is 18.0 Å². The average Bonchev–Trinajstić information content (AvgIpc) is 2.30. The molecular weight excluding hydrogens is 198 g/mol. The minimum atomic E-state index is 0.803. The Kier molecular flexibility index (Phi) is 3.01. The van der Waals surface area contributed by atoms with E-state index in [0.717, 1.165) is 15.9 Å². The standard InChI is InChI=1S/C14H13NO/c1-15(16)11-12-7-9-14(10-8-12)13-5-3-2-4-6-13/h2-11H,1H3/b15-11+. The van der Waals surface area contributed by atoms with Crippen LogP contribution in [0.15, 0.2) is 54.6 Å². The predicted octanol–water partition coefficient (Wildman–Crippen LogP) is 2.91. The van der Waals surface area contributed by atoms with Gasteiger partial charge < -0.3 is 5.21 Å². The fourth-order valence-electron chi connectivity index (χ4n) is 1.60. The minimum absolute atomic E-state index is 0.803. The minimum Gasteiger partial charge on any atom is -0.624 e. The highest BCUT2D eigenvalue weighted by Gasteiger charge is 1.97. The molecular formula is C14H13NO. The lowest BCUT2D eigenvalue weighted by atomic mass is 10.0. The van der Waals surface area contributed by atoms with Gasteiger partial charge >= 0.3 is 0 Å². The van der Waals surface area contributed by atoms with Gasteiger partial charge in [0.05, 0.1) is 0 Å². The quantitative estimate of drug-likeness (QED) is 0.324. The molecule has 2 heteroatoms. The second-order valence-electron chi connectivity index (χ2n) is 3.66. The summed E-state index contributed by atoms with van der Waals surface area (Å²) in [5, 5.41) is 10.8.